The summed E-state index contributed by atoms with van der Waals surface area (Å²) in [4.78, 5) is 24.9. The van der Waals surface area contributed by atoms with Crippen LogP contribution in [0.3, 0.4) is 0 Å². The van der Waals surface area contributed by atoms with Gasteiger partial charge in [0.15, 0.2) is 5.41 Å². The molecule has 0 bridgehead atoms. The highest BCUT2D eigenvalue weighted by Crippen LogP contribution is 2.50. The van der Waals surface area contributed by atoms with Gasteiger partial charge in [-0.15, -0.1) is 0 Å². The van der Waals surface area contributed by atoms with E-state index in [1.54, 1.807) is 42.5 Å². The van der Waals surface area contributed by atoms with Gasteiger partial charge in [0.1, 0.15) is 0 Å². The van der Waals surface area contributed by atoms with Crippen molar-refractivity contribution in [3.05, 3.63) is 77.9 Å². The molecule has 0 spiro atoms. The molecule has 2 N–H and O–H groups in total. The second-order valence-electron chi connectivity index (χ2n) is 7.91. The lowest BCUT2D eigenvalue weighted by molar-refractivity contribution is -0.169. The second kappa shape index (κ2) is 7.78. The van der Waals surface area contributed by atoms with Gasteiger partial charge in [-0.1, -0.05) is 88.0 Å². The Kier molecular flexibility index (Phi) is 5.89. The number of aliphatic carboxylic acids is 2. The van der Waals surface area contributed by atoms with Gasteiger partial charge in [-0.2, -0.15) is 0 Å². The molecule has 0 aliphatic rings. The average Bonchev–Trinajstić information content (AvgIpc) is 2.61. The molecule has 0 saturated carbocycles. The molecule has 0 saturated heterocycles. The second-order valence-corrected chi connectivity index (χ2v) is 7.91. The Labute approximate surface area is 160 Å². The summed E-state index contributed by atoms with van der Waals surface area (Å²) in [7, 11) is 0. The molecule has 0 fully saturated rings. The maximum Gasteiger partial charge on any atom is 0.322 e. The minimum absolute atomic E-state index is 0.105. The minimum Gasteiger partial charge on any atom is -0.480 e. The standard InChI is InChI=1S/C23H26O4/c1-5-16-11-13-17(14-12-16)15-23(20(24)25,21(26)27)19(22(2,3)4)18-9-7-6-8-10-18/h5-14,19H,1,15H2,2-4H3,(H,24,25)(H,26,27). The average molecular weight is 366 g/mol. The smallest absolute Gasteiger partial charge is 0.322 e. The van der Waals surface area contributed by atoms with Gasteiger partial charge >= 0.3 is 11.9 Å². The third-order valence-electron chi connectivity index (χ3n) is 4.95. The largest absolute Gasteiger partial charge is 0.480 e. The number of carboxylic acids is 2. The molecular weight excluding hydrogens is 340 g/mol. The summed E-state index contributed by atoms with van der Waals surface area (Å²) in [5, 5.41) is 20.3. The molecule has 2 aromatic carbocycles. The van der Waals surface area contributed by atoms with Crippen LogP contribution in [0.1, 0.15) is 43.4 Å². The molecule has 1 unspecified atom stereocenters. The lowest BCUT2D eigenvalue weighted by Crippen LogP contribution is -2.50. The maximum absolute atomic E-state index is 12.5. The molecule has 1 atom stereocenters. The van der Waals surface area contributed by atoms with Crippen molar-refractivity contribution in [1.29, 1.82) is 0 Å². The Balaban J connectivity index is 2.67. The van der Waals surface area contributed by atoms with Crippen LogP contribution in [0.2, 0.25) is 0 Å². The van der Waals surface area contributed by atoms with Gasteiger partial charge in [0.2, 0.25) is 0 Å². The van der Waals surface area contributed by atoms with Crippen molar-refractivity contribution in [2.75, 3.05) is 0 Å². The molecule has 142 valence electrons. The first-order chi connectivity index (χ1) is 12.6. The fraction of sp³-hybridized carbons (Fsp3) is 0.304. The van der Waals surface area contributed by atoms with E-state index in [9.17, 15) is 19.8 Å². The van der Waals surface area contributed by atoms with Crippen LogP contribution in [0.25, 0.3) is 6.08 Å². The number of hydrogen-bond acceptors (Lipinski definition) is 2. The molecule has 4 heteroatoms. The van der Waals surface area contributed by atoms with Crippen LogP contribution >= 0.6 is 0 Å². The quantitative estimate of drug-likeness (QED) is 0.687. The summed E-state index contributed by atoms with van der Waals surface area (Å²) in [5.41, 5.74) is -0.312. The van der Waals surface area contributed by atoms with Gasteiger partial charge < -0.3 is 10.2 Å². The van der Waals surface area contributed by atoms with E-state index < -0.39 is 28.7 Å². The Morgan fingerprint density at radius 2 is 1.48 bits per heavy atom. The van der Waals surface area contributed by atoms with Crippen molar-refractivity contribution in [2.24, 2.45) is 10.8 Å². The third-order valence-corrected chi connectivity index (χ3v) is 4.95. The monoisotopic (exact) mass is 366 g/mol. The van der Waals surface area contributed by atoms with Crippen LogP contribution in [-0.4, -0.2) is 22.2 Å². The number of carbonyl (C=O) groups is 2. The fourth-order valence-electron chi connectivity index (χ4n) is 3.85. The van der Waals surface area contributed by atoms with Crippen LogP contribution in [0, 0.1) is 10.8 Å². The molecule has 0 aromatic heterocycles. The zero-order valence-electron chi connectivity index (χ0n) is 16.0. The Hall–Kier alpha value is -2.88. The van der Waals surface area contributed by atoms with Gasteiger partial charge in [-0.25, -0.2) is 0 Å². The lowest BCUT2D eigenvalue weighted by Gasteiger charge is -2.42. The zero-order chi connectivity index (χ0) is 20.2. The predicted molar refractivity (Wildman–Crippen MR) is 107 cm³/mol. The van der Waals surface area contributed by atoms with Crippen LogP contribution < -0.4 is 0 Å². The summed E-state index contributed by atoms with van der Waals surface area (Å²) >= 11 is 0. The third kappa shape index (κ3) is 4.11. The normalized spacial score (nSPS) is 13.0. The first kappa shape index (κ1) is 20.4. The maximum atomic E-state index is 12.5. The predicted octanol–water partition coefficient (Wildman–Crippen LogP) is 4.86. The van der Waals surface area contributed by atoms with Crippen LogP contribution in [0.5, 0.6) is 0 Å². The van der Waals surface area contributed by atoms with Gasteiger partial charge in [0.25, 0.3) is 0 Å². The number of carboxylic acid groups (broad SMARTS) is 2. The summed E-state index contributed by atoms with van der Waals surface area (Å²) < 4.78 is 0. The van der Waals surface area contributed by atoms with Crippen molar-refractivity contribution in [1.82, 2.24) is 0 Å². The van der Waals surface area contributed by atoms with E-state index >= 15 is 0 Å². The zero-order valence-corrected chi connectivity index (χ0v) is 16.0. The fourth-order valence-corrected chi connectivity index (χ4v) is 3.85. The van der Waals surface area contributed by atoms with E-state index in [1.165, 1.54) is 0 Å². The number of rotatable bonds is 7. The van der Waals surface area contributed by atoms with Crippen LogP contribution in [-0.2, 0) is 16.0 Å². The van der Waals surface area contributed by atoms with E-state index in [0.29, 0.717) is 11.1 Å². The summed E-state index contributed by atoms with van der Waals surface area (Å²) in [6.07, 6.45) is 1.58. The number of benzene rings is 2. The van der Waals surface area contributed by atoms with Crippen molar-refractivity contribution in [3.63, 3.8) is 0 Å². The molecular formula is C23H26O4. The molecule has 4 nitrogen and oxygen atoms in total. The lowest BCUT2D eigenvalue weighted by atomic mass is 9.59. The van der Waals surface area contributed by atoms with Crippen molar-refractivity contribution < 1.29 is 19.8 Å². The molecule has 2 aromatic rings. The molecule has 0 radical (unpaired) electrons. The molecule has 0 heterocycles. The first-order valence-corrected chi connectivity index (χ1v) is 8.86. The molecule has 0 amide bonds. The van der Waals surface area contributed by atoms with E-state index in [2.05, 4.69) is 6.58 Å². The summed E-state index contributed by atoms with van der Waals surface area (Å²) in [5.74, 6) is -3.38. The SMILES string of the molecule is C=Cc1ccc(CC(C(=O)O)(C(=O)O)C(c2ccccc2)C(C)(C)C)cc1. The van der Waals surface area contributed by atoms with E-state index in [1.807, 2.05) is 39.0 Å². The van der Waals surface area contributed by atoms with Crippen molar-refractivity contribution in [2.45, 2.75) is 33.1 Å². The van der Waals surface area contributed by atoms with Crippen molar-refractivity contribution in [3.8, 4) is 0 Å². The summed E-state index contributed by atoms with van der Waals surface area (Å²) in [6.45, 7) is 9.35. The minimum atomic E-state index is -1.99. The summed E-state index contributed by atoms with van der Waals surface area (Å²) in [6, 6.07) is 16.2. The molecule has 0 aliphatic heterocycles. The highest BCUT2D eigenvalue weighted by molar-refractivity contribution is 6.00. The van der Waals surface area contributed by atoms with Crippen molar-refractivity contribution >= 4 is 18.0 Å². The van der Waals surface area contributed by atoms with Gasteiger partial charge in [0, 0.05) is 5.92 Å². The molecule has 2 rings (SSSR count). The molecule has 0 aliphatic carbocycles. The Morgan fingerprint density at radius 3 is 1.89 bits per heavy atom. The Bertz CT molecular complexity index is 800. The first-order valence-electron chi connectivity index (χ1n) is 8.86. The number of hydrogen-bond donors (Lipinski definition) is 2. The molecule has 27 heavy (non-hydrogen) atoms. The highest BCUT2D eigenvalue weighted by Gasteiger charge is 2.57. The Morgan fingerprint density at radius 1 is 0.963 bits per heavy atom. The van der Waals surface area contributed by atoms with Crippen LogP contribution in [0.15, 0.2) is 61.2 Å². The van der Waals surface area contributed by atoms with Gasteiger partial charge in [-0.3, -0.25) is 9.59 Å². The van der Waals surface area contributed by atoms with Gasteiger partial charge in [-0.05, 0) is 28.5 Å². The van der Waals surface area contributed by atoms with Crippen LogP contribution in [0.4, 0.5) is 0 Å². The van der Waals surface area contributed by atoms with E-state index in [-0.39, 0.29) is 6.42 Å². The van der Waals surface area contributed by atoms with E-state index in [4.69, 9.17) is 0 Å². The van der Waals surface area contributed by atoms with Gasteiger partial charge in [0.05, 0.1) is 0 Å². The highest BCUT2D eigenvalue weighted by atomic mass is 16.4. The topological polar surface area (TPSA) is 74.6 Å². The van der Waals surface area contributed by atoms with E-state index in [0.717, 1.165) is 5.56 Å².